The van der Waals surface area contributed by atoms with Crippen molar-refractivity contribution in [2.45, 2.75) is 65.8 Å². The van der Waals surface area contributed by atoms with Crippen LogP contribution in [0.5, 0.6) is 5.88 Å². The number of rotatable bonds is 7. The Labute approximate surface area is 184 Å². The molecule has 1 aromatic heterocycles. The van der Waals surface area contributed by atoms with Gasteiger partial charge in [0.1, 0.15) is 12.6 Å². The van der Waals surface area contributed by atoms with Crippen molar-refractivity contribution in [2.24, 2.45) is 11.3 Å². The highest BCUT2D eigenvalue weighted by Crippen LogP contribution is 2.49. The molecule has 4 atom stereocenters. The van der Waals surface area contributed by atoms with E-state index in [2.05, 4.69) is 11.6 Å². The number of amides is 1. The van der Waals surface area contributed by atoms with Crippen LogP contribution < -0.4 is 4.74 Å². The van der Waals surface area contributed by atoms with Gasteiger partial charge in [0.05, 0.1) is 24.9 Å². The summed E-state index contributed by atoms with van der Waals surface area (Å²) >= 11 is 0. The molecule has 1 aromatic rings. The quantitative estimate of drug-likeness (QED) is 0.518. The van der Waals surface area contributed by atoms with Gasteiger partial charge in [0.25, 0.3) is 0 Å². The van der Waals surface area contributed by atoms with E-state index in [0.29, 0.717) is 11.4 Å². The largest absolute Gasteiger partial charge is 0.475 e. The molecule has 0 aromatic carbocycles. The normalized spacial score (nSPS) is 23.5. The lowest BCUT2D eigenvalue weighted by Gasteiger charge is -2.34. The molecule has 1 N–H and O–H groups in total. The lowest BCUT2D eigenvalue weighted by atomic mass is 9.74. The molecule has 1 aliphatic rings. The minimum absolute atomic E-state index is 0.0315. The predicted molar refractivity (Wildman–Crippen MR) is 115 cm³/mol. The van der Waals surface area contributed by atoms with Crippen LogP contribution in [0.1, 0.15) is 53.1 Å². The predicted octanol–water partition coefficient (Wildman–Crippen LogP) is 3.50. The van der Waals surface area contributed by atoms with E-state index < -0.39 is 41.6 Å². The summed E-state index contributed by atoms with van der Waals surface area (Å²) < 4.78 is 16.4. The topological polar surface area (TPSA) is 98.2 Å². The first-order chi connectivity index (χ1) is 14.5. The number of carbonyl (C=O) groups is 2. The fourth-order valence-corrected chi connectivity index (χ4v) is 4.08. The SMILES string of the molecule is C=CCOC(=O)N1[C@H](C(=O)OCC)[C@@H](C(C)(C)C)[C@@H](O)[C@@H]1c1cccnc1OC(C)C. The molecule has 0 aliphatic carbocycles. The summed E-state index contributed by atoms with van der Waals surface area (Å²) in [6.45, 7) is 14.8. The minimum Gasteiger partial charge on any atom is -0.475 e. The maximum Gasteiger partial charge on any atom is 0.411 e. The van der Waals surface area contributed by atoms with E-state index in [4.69, 9.17) is 14.2 Å². The maximum absolute atomic E-state index is 13.1. The van der Waals surface area contributed by atoms with E-state index in [9.17, 15) is 14.7 Å². The third-order valence-electron chi connectivity index (χ3n) is 5.16. The van der Waals surface area contributed by atoms with Crippen LogP contribution in [0.15, 0.2) is 31.0 Å². The molecule has 0 saturated carbocycles. The van der Waals surface area contributed by atoms with Crippen molar-refractivity contribution in [2.75, 3.05) is 13.2 Å². The Kier molecular flexibility index (Phi) is 8.06. The standard InChI is InChI=1S/C23H34N2O6/c1-8-13-30-22(28)25-17(15-11-10-12-24-20(15)31-14(3)4)19(26)16(23(5,6)7)18(25)21(27)29-9-2/h8,10-12,14,16-19,26H,1,9,13H2,2-7H3/t16-,17+,18+,19-/m1/s1. The molecule has 8 heteroatoms. The van der Waals surface area contributed by atoms with Gasteiger partial charge in [0, 0.05) is 17.7 Å². The van der Waals surface area contributed by atoms with Crippen molar-refractivity contribution in [1.29, 1.82) is 0 Å². The number of esters is 1. The number of likely N-dealkylation sites (tertiary alicyclic amines) is 1. The van der Waals surface area contributed by atoms with Gasteiger partial charge in [-0.1, -0.05) is 33.4 Å². The summed E-state index contributed by atoms with van der Waals surface area (Å²) in [6, 6.07) is 1.49. The first-order valence-corrected chi connectivity index (χ1v) is 10.6. The summed E-state index contributed by atoms with van der Waals surface area (Å²) in [4.78, 5) is 31.7. The Morgan fingerprint density at radius 3 is 2.55 bits per heavy atom. The summed E-state index contributed by atoms with van der Waals surface area (Å²) in [5.41, 5.74) is -0.0237. The smallest absolute Gasteiger partial charge is 0.411 e. The van der Waals surface area contributed by atoms with Gasteiger partial charge in [-0.05, 0) is 38.3 Å². The average molecular weight is 435 g/mol. The van der Waals surface area contributed by atoms with Crippen LogP contribution in [0.3, 0.4) is 0 Å². The Bertz CT molecular complexity index is 789. The Balaban J connectivity index is 2.67. The monoisotopic (exact) mass is 434 g/mol. The number of carbonyl (C=O) groups excluding carboxylic acids is 2. The zero-order chi connectivity index (χ0) is 23.3. The second kappa shape index (κ2) is 10.1. The zero-order valence-corrected chi connectivity index (χ0v) is 19.2. The van der Waals surface area contributed by atoms with Crippen molar-refractivity contribution in [3.05, 3.63) is 36.5 Å². The molecular formula is C23H34N2O6. The van der Waals surface area contributed by atoms with Crippen molar-refractivity contribution in [3.8, 4) is 5.88 Å². The molecule has 31 heavy (non-hydrogen) atoms. The molecule has 0 spiro atoms. The Morgan fingerprint density at radius 1 is 1.32 bits per heavy atom. The Hall–Kier alpha value is -2.61. The first-order valence-electron chi connectivity index (χ1n) is 10.6. The van der Waals surface area contributed by atoms with Crippen molar-refractivity contribution in [3.63, 3.8) is 0 Å². The number of hydrogen-bond donors (Lipinski definition) is 1. The average Bonchev–Trinajstić information content (AvgIpc) is 2.99. The van der Waals surface area contributed by atoms with Gasteiger partial charge in [-0.15, -0.1) is 0 Å². The molecule has 2 rings (SSSR count). The van der Waals surface area contributed by atoms with Crippen LogP contribution in [0.4, 0.5) is 4.79 Å². The third kappa shape index (κ3) is 5.36. The first kappa shape index (κ1) is 24.7. The van der Waals surface area contributed by atoms with Gasteiger partial charge in [0.2, 0.25) is 5.88 Å². The number of nitrogens with zero attached hydrogens (tertiary/aromatic N) is 2. The second-order valence-electron chi connectivity index (χ2n) is 8.86. The summed E-state index contributed by atoms with van der Waals surface area (Å²) in [5.74, 6) is -0.907. The van der Waals surface area contributed by atoms with E-state index >= 15 is 0 Å². The number of ether oxygens (including phenoxy) is 3. The van der Waals surface area contributed by atoms with Crippen molar-refractivity contribution < 1.29 is 28.9 Å². The number of aromatic nitrogens is 1. The van der Waals surface area contributed by atoms with Gasteiger partial charge in [-0.2, -0.15) is 0 Å². The molecule has 0 unspecified atom stereocenters. The lowest BCUT2D eigenvalue weighted by molar-refractivity contribution is -0.151. The van der Waals surface area contributed by atoms with Crippen LogP contribution in [0.2, 0.25) is 0 Å². The van der Waals surface area contributed by atoms with Gasteiger partial charge < -0.3 is 19.3 Å². The second-order valence-corrected chi connectivity index (χ2v) is 8.86. The molecule has 172 valence electrons. The molecule has 1 aliphatic heterocycles. The van der Waals surface area contributed by atoms with Crippen molar-refractivity contribution >= 4 is 12.1 Å². The van der Waals surface area contributed by atoms with Crippen LogP contribution in [-0.4, -0.2) is 58.5 Å². The van der Waals surface area contributed by atoms with Gasteiger partial charge in [-0.3, -0.25) is 4.90 Å². The van der Waals surface area contributed by atoms with Gasteiger partial charge >= 0.3 is 12.1 Å². The molecule has 1 saturated heterocycles. The van der Waals surface area contributed by atoms with Gasteiger partial charge in [0.15, 0.2) is 0 Å². The number of aliphatic hydroxyl groups excluding tert-OH is 1. The summed E-state index contributed by atoms with van der Waals surface area (Å²) in [5, 5.41) is 11.5. The van der Waals surface area contributed by atoms with Crippen LogP contribution >= 0.6 is 0 Å². The molecule has 1 fully saturated rings. The fraction of sp³-hybridized carbons (Fsp3) is 0.609. The van der Waals surface area contributed by atoms with Crippen molar-refractivity contribution in [1.82, 2.24) is 9.88 Å². The third-order valence-corrected chi connectivity index (χ3v) is 5.16. The zero-order valence-electron chi connectivity index (χ0n) is 19.2. The summed E-state index contributed by atoms with van der Waals surface area (Å²) in [7, 11) is 0. The molecule has 2 heterocycles. The highest BCUT2D eigenvalue weighted by molar-refractivity contribution is 5.83. The molecule has 0 bridgehead atoms. The summed E-state index contributed by atoms with van der Waals surface area (Å²) in [6.07, 6.45) is 1.02. The number of aliphatic hydroxyl groups is 1. The number of pyridine rings is 1. The highest BCUT2D eigenvalue weighted by Gasteiger charge is 2.59. The minimum atomic E-state index is -1.08. The molecule has 8 nitrogen and oxygen atoms in total. The molecule has 0 radical (unpaired) electrons. The van der Waals surface area contributed by atoms with E-state index in [1.807, 2.05) is 34.6 Å². The highest BCUT2D eigenvalue weighted by atomic mass is 16.6. The van der Waals surface area contributed by atoms with E-state index in [0.717, 1.165) is 0 Å². The van der Waals surface area contributed by atoms with E-state index in [-0.39, 0.29) is 19.3 Å². The molecule has 1 amide bonds. The molecular weight excluding hydrogens is 400 g/mol. The fourth-order valence-electron chi connectivity index (χ4n) is 4.08. The maximum atomic E-state index is 13.1. The van der Waals surface area contributed by atoms with E-state index in [1.54, 1.807) is 25.3 Å². The van der Waals surface area contributed by atoms with E-state index in [1.165, 1.54) is 11.0 Å². The van der Waals surface area contributed by atoms with Gasteiger partial charge in [-0.25, -0.2) is 14.6 Å². The van der Waals surface area contributed by atoms with Crippen LogP contribution in [0.25, 0.3) is 0 Å². The Morgan fingerprint density at radius 2 is 2.00 bits per heavy atom. The lowest BCUT2D eigenvalue weighted by Crippen LogP contribution is -2.48. The van der Waals surface area contributed by atoms with Crippen LogP contribution in [-0.2, 0) is 14.3 Å². The number of hydrogen-bond acceptors (Lipinski definition) is 7. The van der Waals surface area contributed by atoms with Crippen LogP contribution in [0, 0.1) is 11.3 Å².